The second kappa shape index (κ2) is 8.29. The number of halogens is 1. The van der Waals surface area contributed by atoms with Gasteiger partial charge in [-0.15, -0.1) is 12.4 Å². The number of carbonyl (C=O) groups is 2. The average molecular weight is 279 g/mol. The lowest BCUT2D eigenvalue weighted by Crippen LogP contribution is -2.51. The molecule has 1 aliphatic heterocycles. The minimum Gasteiger partial charge on any atom is -0.351 e. The fourth-order valence-corrected chi connectivity index (χ4v) is 2.22. The number of nitrogens with one attached hydrogen (secondary N) is 2. The van der Waals surface area contributed by atoms with Crippen molar-refractivity contribution in [2.45, 2.75) is 25.8 Å². The standard InChI is InChI=1S/C11H22N4O2.ClH/c1-8(10(16)14-11(12)17)15-5-3-9(4-6-15)7-13-2;/h8-9,13H,3-7H2,1-2H3,(H3,12,14,16,17);1H. The summed E-state index contributed by atoms with van der Waals surface area (Å²) < 4.78 is 0. The predicted molar refractivity (Wildman–Crippen MR) is 72.7 cm³/mol. The molecule has 0 bridgehead atoms. The van der Waals surface area contributed by atoms with E-state index in [0.29, 0.717) is 5.92 Å². The summed E-state index contributed by atoms with van der Waals surface area (Å²) in [6.07, 6.45) is 2.16. The molecule has 3 amide bonds. The summed E-state index contributed by atoms with van der Waals surface area (Å²) in [4.78, 5) is 24.3. The van der Waals surface area contributed by atoms with Gasteiger partial charge in [-0.2, -0.15) is 0 Å². The van der Waals surface area contributed by atoms with Crippen molar-refractivity contribution < 1.29 is 9.59 Å². The van der Waals surface area contributed by atoms with Crippen LogP contribution >= 0.6 is 12.4 Å². The Morgan fingerprint density at radius 1 is 1.39 bits per heavy atom. The van der Waals surface area contributed by atoms with Crippen LogP contribution in [0.1, 0.15) is 19.8 Å². The number of imide groups is 1. The first kappa shape index (κ1) is 17.2. The maximum atomic E-state index is 11.6. The fourth-order valence-electron chi connectivity index (χ4n) is 2.22. The highest BCUT2D eigenvalue weighted by molar-refractivity contribution is 5.96. The Morgan fingerprint density at radius 2 is 1.94 bits per heavy atom. The van der Waals surface area contributed by atoms with E-state index in [1.54, 1.807) is 6.92 Å². The lowest BCUT2D eigenvalue weighted by Gasteiger charge is -2.35. The lowest BCUT2D eigenvalue weighted by atomic mass is 9.96. The molecule has 18 heavy (non-hydrogen) atoms. The van der Waals surface area contributed by atoms with Gasteiger partial charge in [0.2, 0.25) is 5.91 Å². The fraction of sp³-hybridized carbons (Fsp3) is 0.818. The molecule has 0 radical (unpaired) electrons. The zero-order valence-electron chi connectivity index (χ0n) is 10.9. The number of piperidine rings is 1. The van der Waals surface area contributed by atoms with Gasteiger partial charge in [0.1, 0.15) is 0 Å². The molecule has 1 atom stereocenters. The molecule has 6 nitrogen and oxygen atoms in total. The topological polar surface area (TPSA) is 87.5 Å². The summed E-state index contributed by atoms with van der Waals surface area (Å²) in [6, 6.07) is -1.08. The molecule has 0 saturated carbocycles. The lowest BCUT2D eigenvalue weighted by molar-refractivity contribution is -0.125. The van der Waals surface area contributed by atoms with Crippen LogP contribution in [0.15, 0.2) is 0 Å². The van der Waals surface area contributed by atoms with E-state index in [0.717, 1.165) is 32.5 Å². The molecule has 7 heteroatoms. The Hall–Kier alpha value is -0.850. The van der Waals surface area contributed by atoms with Gasteiger partial charge in [-0.05, 0) is 52.4 Å². The van der Waals surface area contributed by atoms with E-state index < -0.39 is 6.03 Å². The van der Waals surface area contributed by atoms with E-state index in [9.17, 15) is 9.59 Å². The first-order chi connectivity index (χ1) is 8.04. The molecule has 0 spiro atoms. The molecule has 0 aromatic heterocycles. The largest absolute Gasteiger partial charge is 0.351 e. The molecule has 1 fully saturated rings. The first-order valence-electron chi connectivity index (χ1n) is 6.03. The highest BCUT2D eigenvalue weighted by Crippen LogP contribution is 2.18. The molecule has 0 aliphatic carbocycles. The minimum atomic E-state index is -0.785. The highest BCUT2D eigenvalue weighted by atomic mass is 35.5. The normalized spacial score (nSPS) is 18.8. The molecule has 0 aromatic rings. The molecule has 1 heterocycles. The molecule has 0 aromatic carbocycles. The summed E-state index contributed by atoms with van der Waals surface area (Å²) in [7, 11) is 1.95. The zero-order chi connectivity index (χ0) is 12.8. The van der Waals surface area contributed by atoms with Crippen molar-refractivity contribution in [3.05, 3.63) is 0 Å². The van der Waals surface area contributed by atoms with Gasteiger partial charge in [-0.1, -0.05) is 0 Å². The summed E-state index contributed by atoms with van der Waals surface area (Å²) in [5, 5.41) is 5.29. The summed E-state index contributed by atoms with van der Waals surface area (Å²) in [6.45, 7) is 4.60. The van der Waals surface area contributed by atoms with Crippen LogP contribution in [0.2, 0.25) is 0 Å². The van der Waals surface area contributed by atoms with Crippen LogP contribution in [0.5, 0.6) is 0 Å². The molecule has 1 saturated heterocycles. The highest BCUT2D eigenvalue weighted by Gasteiger charge is 2.26. The number of amides is 3. The van der Waals surface area contributed by atoms with Crippen molar-refractivity contribution in [1.82, 2.24) is 15.5 Å². The maximum Gasteiger partial charge on any atom is 0.318 e. The Bertz CT molecular complexity index is 280. The van der Waals surface area contributed by atoms with Crippen molar-refractivity contribution in [3.63, 3.8) is 0 Å². The summed E-state index contributed by atoms with van der Waals surface area (Å²) in [5.74, 6) is 0.368. The van der Waals surface area contributed by atoms with Gasteiger partial charge in [0.15, 0.2) is 0 Å². The van der Waals surface area contributed by atoms with E-state index in [-0.39, 0.29) is 24.4 Å². The number of nitrogens with zero attached hydrogens (tertiary/aromatic N) is 1. The minimum absolute atomic E-state index is 0. The van der Waals surface area contributed by atoms with Gasteiger partial charge >= 0.3 is 6.03 Å². The summed E-state index contributed by atoms with van der Waals surface area (Å²) >= 11 is 0. The maximum absolute atomic E-state index is 11.6. The Balaban J connectivity index is 0.00000289. The van der Waals surface area contributed by atoms with Crippen LogP contribution in [0.25, 0.3) is 0 Å². The third kappa shape index (κ3) is 5.20. The molecular formula is C11H23ClN4O2. The van der Waals surface area contributed by atoms with Crippen LogP contribution in [0, 0.1) is 5.92 Å². The van der Waals surface area contributed by atoms with Crippen LogP contribution in [0.3, 0.4) is 0 Å². The number of rotatable bonds is 4. The third-order valence-electron chi connectivity index (χ3n) is 3.32. The van der Waals surface area contributed by atoms with Gasteiger partial charge in [-0.25, -0.2) is 4.79 Å². The van der Waals surface area contributed by atoms with Gasteiger partial charge < -0.3 is 11.1 Å². The van der Waals surface area contributed by atoms with Crippen molar-refractivity contribution in [2.75, 3.05) is 26.7 Å². The van der Waals surface area contributed by atoms with E-state index in [4.69, 9.17) is 5.73 Å². The van der Waals surface area contributed by atoms with Gasteiger partial charge in [0.25, 0.3) is 0 Å². The number of hydrogen-bond acceptors (Lipinski definition) is 4. The zero-order valence-corrected chi connectivity index (χ0v) is 11.8. The van der Waals surface area contributed by atoms with Gasteiger partial charge in [-0.3, -0.25) is 15.0 Å². The smallest absolute Gasteiger partial charge is 0.318 e. The van der Waals surface area contributed by atoms with E-state index in [1.807, 2.05) is 7.05 Å². The Kier molecular flexibility index (Phi) is 7.90. The van der Waals surface area contributed by atoms with Crippen molar-refractivity contribution >= 4 is 24.3 Å². The van der Waals surface area contributed by atoms with Crippen LogP contribution < -0.4 is 16.4 Å². The molecule has 1 rings (SSSR count). The number of likely N-dealkylation sites (tertiary alicyclic amines) is 1. The number of primary amides is 1. The second-order valence-electron chi connectivity index (χ2n) is 4.57. The molecule has 4 N–H and O–H groups in total. The van der Waals surface area contributed by atoms with Crippen LogP contribution in [-0.4, -0.2) is 49.6 Å². The van der Waals surface area contributed by atoms with Crippen molar-refractivity contribution in [1.29, 1.82) is 0 Å². The number of urea groups is 1. The second-order valence-corrected chi connectivity index (χ2v) is 4.57. The van der Waals surface area contributed by atoms with Gasteiger partial charge in [0.05, 0.1) is 6.04 Å². The van der Waals surface area contributed by atoms with Crippen LogP contribution in [0.4, 0.5) is 4.79 Å². The van der Waals surface area contributed by atoms with E-state index in [2.05, 4.69) is 15.5 Å². The quantitative estimate of drug-likeness (QED) is 0.671. The molecule has 106 valence electrons. The molecule has 1 unspecified atom stereocenters. The summed E-state index contributed by atoms with van der Waals surface area (Å²) in [5.41, 5.74) is 4.92. The van der Waals surface area contributed by atoms with E-state index >= 15 is 0 Å². The van der Waals surface area contributed by atoms with E-state index in [1.165, 1.54) is 0 Å². The Labute approximate surface area is 114 Å². The molecular weight excluding hydrogens is 256 g/mol. The number of nitrogens with two attached hydrogens (primary N) is 1. The molecule has 1 aliphatic rings. The van der Waals surface area contributed by atoms with Crippen molar-refractivity contribution in [2.24, 2.45) is 11.7 Å². The van der Waals surface area contributed by atoms with Crippen molar-refractivity contribution in [3.8, 4) is 0 Å². The van der Waals surface area contributed by atoms with Gasteiger partial charge in [0, 0.05) is 0 Å². The average Bonchev–Trinajstić information content (AvgIpc) is 2.28. The monoisotopic (exact) mass is 278 g/mol. The Morgan fingerprint density at radius 3 is 2.39 bits per heavy atom. The van der Waals surface area contributed by atoms with Crippen LogP contribution in [-0.2, 0) is 4.79 Å². The first-order valence-corrected chi connectivity index (χ1v) is 6.03. The number of hydrogen-bond donors (Lipinski definition) is 3. The SMILES string of the molecule is CNCC1CCN(C(C)C(=O)NC(N)=O)CC1.Cl. The predicted octanol–water partition coefficient (Wildman–Crippen LogP) is -0.0770. The third-order valence-corrected chi connectivity index (χ3v) is 3.32. The number of carbonyl (C=O) groups excluding carboxylic acids is 2.